The van der Waals surface area contributed by atoms with E-state index < -0.39 is 40.2 Å². The van der Waals surface area contributed by atoms with E-state index in [0.717, 1.165) is 12.1 Å². The second kappa shape index (κ2) is 5.40. The van der Waals surface area contributed by atoms with Gasteiger partial charge in [0, 0.05) is 6.07 Å². The highest BCUT2D eigenvalue weighted by molar-refractivity contribution is 6.03. The van der Waals surface area contributed by atoms with Crippen LogP contribution in [0.4, 0.5) is 11.4 Å². The van der Waals surface area contributed by atoms with Gasteiger partial charge in [-0.15, -0.1) is 0 Å². The fourth-order valence-electron chi connectivity index (χ4n) is 1.26. The molecule has 0 bridgehead atoms. The van der Waals surface area contributed by atoms with Crippen LogP contribution in [0, 0.1) is 21.4 Å². The summed E-state index contributed by atoms with van der Waals surface area (Å²) in [6.45, 7) is 0. The molecule has 0 fully saturated rings. The van der Waals surface area contributed by atoms with Gasteiger partial charge in [-0.1, -0.05) is 6.07 Å². The van der Waals surface area contributed by atoms with Gasteiger partial charge in [0.05, 0.1) is 16.6 Å². The van der Waals surface area contributed by atoms with Gasteiger partial charge in [0.2, 0.25) is 5.91 Å². The Labute approximate surface area is 101 Å². The first-order valence-corrected chi connectivity index (χ1v) is 4.65. The molecule has 0 saturated carbocycles. The maximum absolute atomic E-state index is 11.2. The number of benzene rings is 1. The summed E-state index contributed by atoms with van der Waals surface area (Å²) < 4.78 is 0. The number of amides is 1. The quantitative estimate of drug-likeness (QED) is 0.607. The monoisotopic (exact) mass is 249 g/mol. The number of nitro benzene ring substituents is 1. The molecule has 0 aliphatic rings. The van der Waals surface area contributed by atoms with Gasteiger partial charge in [0.1, 0.15) is 12.1 Å². The van der Waals surface area contributed by atoms with Crippen LogP contribution in [0.15, 0.2) is 18.2 Å². The minimum Gasteiger partial charge on any atom is -0.478 e. The van der Waals surface area contributed by atoms with E-state index in [1.165, 1.54) is 6.07 Å². The van der Waals surface area contributed by atoms with Crippen LogP contribution >= 0.6 is 0 Å². The second-order valence-electron chi connectivity index (χ2n) is 3.15. The van der Waals surface area contributed by atoms with Crippen molar-refractivity contribution in [2.45, 2.75) is 6.42 Å². The zero-order chi connectivity index (χ0) is 13.7. The lowest BCUT2D eigenvalue weighted by Crippen LogP contribution is -2.15. The van der Waals surface area contributed by atoms with E-state index in [1.54, 1.807) is 6.07 Å². The molecule has 0 radical (unpaired) electrons. The SMILES string of the molecule is N#CCC(=O)Nc1c(C(=O)O)cccc1[N+](=O)[O-]. The fourth-order valence-corrected chi connectivity index (χ4v) is 1.26. The lowest BCUT2D eigenvalue weighted by Gasteiger charge is -2.07. The third-order valence-electron chi connectivity index (χ3n) is 1.97. The van der Waals surface area contributed by atoms with Crippen LogP contribution in [-0.2, 0) is 4.79 Å². The summed E-state index contributed by atoms with van der Waals surface area (Å²) in [7, 11) is 0. The van der Waals surface area contributed by atoms with E-state index in [-0.39, 0.29) is 0 Å². The van der Waals surface area contributed by atoms with Crippen LogP contribution in [-0.4, -0.2) is 21.9 Å². The van der Waals surface area contributed by atoms with E-state index in [2.05, 4.69) is 5.32 Å². The Morgan fingerprint density at radius 3 is 2.67 bits per heavy atom. The Balaban J connectivity index is 3.28. The average Bonchev–Trinajstić information content (AvgIpc) is 2.28. The predicted molar refractivity (Wildman–Crippen MR) is 58.9 cm³/mol. The Hall–Kier alpha value is -2.95. The molecule has 0 aliphatic carbocycles. The highest BCUT2D eigenvalue weighted by Gasteiger charge is 2.22. The number of nitrogens with one attached hydrogen (secondary N) is 1. The number of carboxylic acid groups (broad SMARTS) is 1. The van der Waals surface area contributed by atoms with Crippen LogP contribution in [0.25, 0.3) is 0 Å². The summed E-state index contributed by atoms with van der Waals surface area (Å²) in [5, 5.41) is 30.0. The molecular formula is C10H7N3O5. The van der Waals surface area contributed by atoms with Crippen LogP contribution in [0.3, 0.4) is 0 Å². The van der Waals surface area contributed by atoms with Gasteiger partial charge < -0.3 is 10.4 Å². The highest BCUT2D eigenvalue weighted by Crippen LogP contribution is 2.28. The van der Waals surface area contributed by atoms with Crippen molar-refractivity contribution in [3.63, 3.8) is 0 Å². The van der Waals surface area contributed by atoms with Crippen molar-refractivity contribution in [3.05, 3.63) is 33.9 Å². The van der Waals surface area contributed by atoms with Gasteiger partial charge >= 0.3 is 5.97 Å². The number of anilines is 1. The van der Waals surface area contributed by atoms with Gasteiger partial charge in [-0.05, 0) is 6.07 Å². The Morgan fingerprint density at radius 1 is 1.50 bits per heavy atom. The lowest BCUT2D eigenvalue weighted by atomic mass is 10.1. The molecule has 92 valence electrons. The van der Waals surface area contributed by atoms with E-state index >= 15 is 0 Å². The first-order chi connectivity index (χ1) is 8.47. The molecular weight excluding hydrogens is 242 g/mol. The summed E-state index contributed by atoms with van der Waals surface area (Å²) in [5.41, 5.74) is -1.37. The normalized spacial score (nSPS) is 9.28. The molecule has 2 N–H and O–H groups in total. The molecule has 0 aliphatic heterocycles. The molecule has 18 heavy (non-hydrogen) atoms. The number of hydrogen-bond acceptors (Lipinski definition) is 5. The molecule has 0 spiro atoms. The summed E-state index contributed by atoms with van der Waals surface area (Å²) in [4.78, 5) is 32.0. The lowest BCUT2D eigenvalue weighted by molar-refractivity contribution is -0.384. The maximum atomic E-state index is 11.2. The van der Waals surface area contributed by atoms with Crippen molar-refractivity contribution in [2.24, 2.45) is 0 Å². The number of carbonyl (C=O) groups excluding carboxylic acids is 1. The number of rotatable bonds is 4. The Kier molecular flexibility index (Phi) is 3.93. The van der Waals surface area contributed by atoms with E-state index in [4.69, 9.17) is 10.4 Å². The number of carbonyl (C=O) groups is 2. The van der Waals surface area contributed by atoms with Gasteiger partial charge in [-0.25, -0.2) is 4.79 Å². The Bertz CT molecular complexity index is 529. The minimum absolute atomic E-state index is 0.407. The van der Waals surface area contributed by atoms with Crippen molar-refractivity contribution >= 4 is 23.3 Å². The molecule has 1 rings (SSSR count). The number of nitriles is 1. The second-order valence-corrected chi connectivity index (χ2v) is 3.15. The number of nitro groups is 1. The highest BCUT2D eigenvalue weighted by atomic mass is 16.6. The largest absolute Gasteiger partial charge is 0.478 e. The zero-order valence-electron chi connectivity index (χ0n) is 8.91. The fraction of sp³-hybridized carbons (Fsp3) is 0.100. The minimum atomic E-state index is -1.41. The smallest absolute Gasteiger partial charge is 0.338 e. The molecule has 1 aromatic carbocycles. The number of aromatic carboxylic acids is 1. The van der Waals surface area contributed by atoms with Crippen LogP contribution in [0.1, 0.15) is 16.8 Å². The zero-order valence-corrected chi connectivity index (χ0v) is 8.91. The van der Waals surface area contributed by atoms with Crippen molar-refractivity contribution in [1.82, 2.24) is 0 Å². The molecule has 0 aromatic heterocycles. The van der Waals surface area contributed by atoms with Crippen molar-refractivity contribution < 1.29 is 19.6 Å². The van der Waals surface area contributed by atoms with Crippen LogP contribution in [0.5, 0.6) is 0 Å². The van der Waals surface area contributed by atoms with Gasteiger partial charge in [0.15, 0.2) is 0 Å². The van der Waals surface area contributed by atoms with Crippen LogP contribution < -0.4 is 5.32 Å². The number of carboxylic acids is 1. The molecule has 1 aromatic rings. The molecule has 1 amide bonds. The van der Waals surface area contributed by atoms with Crippen molar-refractivity contribution in [2.75, 3.05) is 5.32 Å². The van der Waals surface area contributed by atoms with E-state index in [9.17, 15) is 19.7 Å². The van der Waals surface area contributed by atoms with Gasteiger partial charge in [0.25, 0.3) is 5.69 Å². The molecule has 0 saturated heterocycles. The summed E-state index contributed by atoms with van der Waals surface area (Å²) in [5.74, 6) is -2.22. The first-order valence-electron chi connectivity index (χ1n) is 4.65. The molecule has 0 heterocycles. The predicted octanol–water partition coefficient (Wildman–Crippen LogP) is 1.15. The molecule has 0 unspecified atom stereocenters. The van der Waals surface area contributed by atoms with Crippen molar-refractivity contribution in [1.29, 1.82) is 5.26 Å². The van der Waals surface area contributed by atoms with Gasteiger partial charge in [-0.2, -0.15) is 5.26 Å². The third kappa shape index (κ3) is 2.79. The molecule has 0 atom stereocenters. The molecule has 8 nitrogen and oxygen atoms in total. The van der Waals surface area contributed by atoms with Gasteiger partial charge in [-0.3, -0.25) is 14.9 Å². The topological polar surface area (TPSA) is 133 Å². The summed E-state index contributed by atoms with van der Waals surface area (Å²) in [6.07, 6.45) is -0.523. The van der Waals surface area contributed by atoms with E-state index in [0.29, 0.717) is 0 Å². The summed E-state index contributed by atoms with van der Waals surface area (Å²) in [6, 6.07) is 4.94. The number of nitrogens with zero attached hydrogens (tertiary/aromatic N) is 2. The number of para-hydroxylation sites is 1. The average molecular weight is 249 g/mol. The number of hydrogen-bond donors (Lipinski definition) is 2. The summed E-state index contributed by atoms with van der Waals surface area (Å²) >= 11 is 0. The standard InChI is InChI=1S/C10H7N3O5/c11-5-4-8(14)12-9-6(10(15)16)2-1-3-7(9)13(17)18/h1-3H,4H2,(H,12,14)(H,15,16). The van der Waals surface area contributed by atoms with E-state index in [1.807, 2.05) is 0 Å². The Morgan fingerprint density at radius 2 is 2.17 bits per heavy atom. The van der Waals surface area contributed by atoms with Crippen molar-refractivity contribution in [3.8, 4) is 6.07 Å². The molecule has 8 heteroatoms. The van der Waals surface area contributed by atoms with Crippen LogP contribution in [0.2, 0.25) is 0 Å². The first kappa shape index (κ1) is 13.1. The maximum Gasteiger partial charge on any atom is 0.338 e. The third-order valence-corrected chi connectivity index (χ3v) is 1.97.